The lowest BCUT2D eigenvalue weighted by molar-refractivity contribution is 0.0155. The molecule has 1 N–H and O–H groups in total. The number of rotatable bonds is 6. The normalized spacial score (nSPS) is 20.0. The van der Waals surface area contributed by atoms with Gasteiger partial charge in [-0.05, 0) is 37.9 Å². The van der Waals surface area contributed by atoms with Gasteiger partial charge in [0.1, 0.15) is 5.75 Å². The molecule has 0 aliphatic carbocycles. The first kappa shape index (κ1) is 16.9. The van der Waals surface area contributed by atoms with Crippen molar-refractivity contribution in [1.82, 2.24) is 15.1 Å². The number of methoxy groups -OCH3 is 1. The number of para-hydroxylation sites is 1. The van der Waals surface area contributed by atoms with Crippen LogP contribution in [0, 0.1) is 0 Å². The lowest BCUT2D eigenvalue weighted by Crippen LogP contribution is -2.46. The summed E-state index contributed by atoms with van der Waals surface area (Å²) in [6.45, 7) is 3.54. The molecule has 1 aliphatic heterocycles. The molecular weight excluding hydrogens is 306 g/mol. The van der Waals surface area contributed by atoms with Gasteiger partial charge in [0.25, 0.3) is 5.89 Å². The molecule has 1 aromatic carbocycles. The third-order valence-corrected chi connectivity index (χ3v) is 4.67. The van der Waals surface area contributed by atoms with Crippen LogP contribution in [0.4, 0.5) is 0 Å². The SMILES string of the molecule is CCC(O)C1CCCCN1Cc1nnc(-c2ccccc2OC)o1. The summed E-state index contributed by atoms with van der Waals surface area (Å²) < 4.78 is 11.2. The van der Waals surface area contributed by atoms with E-state index in [4.69, 9.17) is 9.15 Å². The molecule has 1 saturated heterocycles. The summed E-state index contributed by atoms with van der Waals surface area (Å²) in [7, 11) is 1.63. The lowest BCUT2D eigenvalue weighted by Gasteiger charge is -2.37. The molecule has 2 heterocycles. The van der Waals surface area contributed by atoms with E-state index in [2.05, 4.69) is 15.1 Å². The van der Waals surface area contributed by atoms with E-state index in [9.17, 15) is 5.11 Å². The maximum atomic E-state index is 10.3. The monoisotopic (exact) mass is 331 g/mol. The van der Waals surface area contributed by atoms with Gasteiger partial charge in [0.15, 0.2) is 0 Å². The van der Waals surface area contributed by atoms with E-state index in [1.165, 1.54) is 0 Å². The van der Waals surface area contributed by atoms with Gasteiger partial charge in [0.05, 0.1) is 25.3 Å². The van der Waals surface area contributed by atoms with E-state index in [1.54, 1.807) is 7.11 Å². The molecule has 1 aliphatic rings. The Morgan fingerprint density at radius 1 is 1.33 bits per heavy atom. The van der Waals surface area contributed by atoms with E-state index >= 15 is 0 Å². The summed E-state index contributed by atoms with van der Waals surface area (Å²) in [6, 6.07) is 7.77. The number of piperidine rings is 1. The Kier molecular flexibility index (Phi) is 5.48. The first-order chi connectivity index (χ1) is 11.7. The summed E-state index contributed by atoms with van der Waals surface area (Å²) >= 11 is 0. The topological polar surface area (TPSA) is 71.6 Å². The molecule has 6 nitrogen and oxygen atoms in total. The van der Waals surface area contributed by atoms with Crippen molar-refractivity contribution in [2.75, 3.05) is 13.7 Å². The van der Waals surface area contributed by atoms with Gasteiger partial charge in [-0.15, -0.1) is 10.2 Å². The summed E-state index contributed by atoms with van der Waals surface area (Å²) in [5, 5.41) is 18.6. The second-order valence-electron chi connectivity index (χ2n) is 6.21. The van der Waals surface area contributed by atoms with Gasteiger partial charge in [-0.25, -0.2) is 0 Å². The van der Waals surface area contributed by atoms with Crippen molar-refractivity contribution in [3.05, 3.63) is 30.2 Å². The lowest BCUT2D eigenvalue weighted by atomic mass is 9.96. The average Bonchev–Trinajstić information content (AvgIpc) is 3.09. The number of benzene rings is 1. The zero-order chi connectivity index (χ0) is 16.9. The van der Waals surface area contributed by atoms with Crippen LogP contribution in [0.1, 0.15) is 38.5 Å². The van der Waals surface area contributed by atoms with Gasteiger partial charge < -0.3 is 14.3 Å². The number of ether oxygens (including phenoxy) is 1. The van der Waals surface area contributed by atoms with Gasteiger partial charge in [-0.3, -0.25) is 4.90 Å². The van der Waals surface area contributed by atoms with Gasteiger partial charge in [-0.1, -0.05) is 25.5 Å². The third kappa shape index (κ3) is 3.60. The fourth-order valence-electron chi connectivity index (χ4n) is 3.34. The Morgan fingerprint density at radius 2 is 2.17 bits per heavy atom. The van der Waals surface area contributed by atoms with Crippen LogP contribution in [-0.4, -0.2) is 46.0 Å². The molecule has 130 valence electrons. The minimum atomic E-state index is -0.304. The molecule has 0 amide bonds. The van der Waals surface area contributed by atoms with E-state index in [-0.39, 0.29) is 12.1 Å². The molecule has 0 bridgehead atoms. The highest BCUT2D eigenvalue weighted by Gasteiger charge is 2.29. The Hall–Kier alpha value is -1.92. The Balaban J connectivity index is 1.75. The first-order valence-electron chi connectivity index (χ1n) is 8.60. The summed E-state index contributed by atoms with van der Waals surface area (Å²) in [6.07, 6.45) is 3.77. The van der Waals surface area contributed by atoms with Crippen molar-refractivity contribution >= 4 is 0 Å². The van der Waals surface area contributed by atoms with Crippen LogP contribution in [0.5, 0.6) is 5.75 Å². The molecule has 2 atom stereocenters. The molecule has 24 heavy (non-hydrogen) atoms. The first-order valence-corrected chi connectivity index (χ1v) is 8.60. The van der Waals surface area contributed by atoms with E-state index < -0.39 is 0 Å². The molecule has 0 spiro atoms. The molecule has 1 fully saturated rings. The van der Waals surface area contributed by atoms with Crippen LogP contribution >= 0.6 is 0 Å². The minimum absolute atomic E-state index is 0.172. The highest BCUT2D eigenvalue weighted by molar-refractivity contribution is 5.62. The second kappa shape index (κ2) is 7.77. The molecule has 1 aromatic heterocycles. The van der Waals surface area contributed by atoms with Gasteiger partial charge in [0.2, 0.25) is 5.89 Å². The smallest absolute Gasteiger partial charge is 0.251 e. The zero-order valence-corrected chi connectivity index (χ0v) is 14.3. The van der Waals surface area contributed by atoms with Crippen molar-refractivity contribution in [3.63, 3.8) is 0 Å². The highest BCUT2D eigenvalue weighted by Crippen LogP contribution is 2.29. The number of aliphatic hydroxyl groups excluding tert-OH is 1. The average molecular weight is 331 g/mol. The number of nitrogens with zero attached hydrogens (tertiary/aromatic N) is 3. The molecule has 2 aromatic rings. The fraction of sp³-hybridized carbons (Fsp3) is 0.556. The predicted molar refractivity (Wildman–Crippen MR) is 90.6 cm³/mol. The standard InChI is InChI=1S/C18H25N3O3/c1-3-15(22)14-9-6-7-11-21(14)12-17-19-20-18(24-17)13-8-4-5-10-16(13)23-2/h4-5,8,10,14-15,22H,3,6-7,9,11-12H2,1-2H3. The molecule has 0 radical (unpaired) electrons. The predicted octanol–water partition coefficient (Wildman–Crippen LogP) is 2.87. The Labute approximate surface area is 142 Å². The summed E-state index contributed by atoms with van der Waals surface area (Å²) in [5.74, 6) is 1.75. The van der Waals surface area contributed by atoms with Crippen molar-refractivity contribution in [2.24, 2.45) is 0 Å². The van der Waals surface area contributed by atoms with Gasteiger partial charge >= 0.3 is 0 Å². The van der Waals surface area contributed by atoms with Crippen LogP contribution < -0.4 is 4.74 Å². The van der Waals surface area contributed by atoms with Crippen LogP contribution in [0.25, 0.3) is 11.5 Å². The van der Waals surface area contributed by atoms with Crippen LogP contribution in [0.2, 0.25) is 0 Å². The fourth-order valence-corrected chi connectivity index (χ4v) is 3.34. The van der Waals surface area contributed by atoms with Crippen molar-refractivity contribution in [1.29, 1.82) is 0 Å². The minimum Gasteiger partial charge on any atom is -0.496 e. The van der Waals surface area contributed by atoms with E-state index in [1.807, 2.05) is 31.2 Å². The summed E-state index contributed by atoms with van der Waals surface area (Å²) in [4.78, 5) is 2.26. The molecular formula is C18H25N3O3. The molecule has 2 unspecified atom stereocenters. The third-order valence-electron chi connectivity index (χ3n) is 4.67. The number of aromatic nitrogens is 2. The highest BCUT2D eigenvalue weighted by atomic mass is 16.5. The van der Waals surface area contributed by atoms with Crippen molar-refractivity contribution in [3.8, 4) is 17.2 Å². The van der Waals surface area contributed by atoms with Crippen LogP contribution in [-0.2, 0) is 6.54 Å². The quantitative estimate of drug-likeness (QED) is 0.877. The largest absolute Gasteiger partial charge is 0.496 e. The second-order valence-corrected chi connectivity index (χ2v) is 6.21. The van der Waals surface area contributed by atoms with Crippen molar-refractivity contribution < 1.29 is 14.3 Å². The molecule has 6 heteroatoms. The number of aliphatic hydroxyl groups is 1. The summed E-state index contributed by atoms with van der Waals surface area (Å²) in [5.41, 5.74) is 0.794. The maximum Gasteiger partial charge on any atom is 0.251 e. The van der Waals surface area contributed by atoms with Crippen LogP contribution in [0.15, 0.2) is 28.7 Å². The Morgan fingerprint density at radius 3 is 2.96 bits per heavy atom. The Bertz CT molecular complexity index is 658. The van der Waals surface area contributed by atoms with Gasteiger partial charge in [0, 0.05) is 6.04 Å². The van der Waals surface area contributed by atoms with Crippen molar-refractivity contribution in [2.45, 2.75) is 51.3 Å². The van der Waals surface area contributed by atoms with Crippen LogP contribution in [0.3, 0.4) is 0 Å². The van der Waals surface area contributed by atoms with Gasteiger partial charge in [-0.2, -0.15) is 0 Å². The number of hydrogen-bond acceptors (Lipinski definition) is 6. The zero-order valence-electron chi connectivity index (χ0n) is 14.3. The van der Waals surface area contributed by atoms with E-state index in [0.29, 0.717) is 24.1 Å². The molecule has 3 rings (SSSR count). The maximum absolute atomic E-state index is 10.3. The molecule has 0 saturated carbocycles. The number of likely N-dealkylation sites (tertiary alicyclic amines) is 1. The number of hydrogen-bond donors (Lipinski definition) is 1. The van der Waals surface area contributed by atoms with E-state index in [0.717, 1.165) is 37.8 Å².